The van der Waals surface area contributed by atoms with Gasteiger partial charge in [0.05, 0.1) is 5.92 Å². The third kappa shape index (κ3) is 4.66. The number of piperidine rings is 1. The van der Waals surface area contributed by atoms with Crippen molar-refractivity contribution in [3.05, 3.63) is 28.7 Å². The summed E-state index contributed by atoms with van der Waals surface area (Å²) < 4.78 is 44.1. The first kappa shape index (κ1) is 15.6. The van der Waals surface area contributed by atoms with E-state index in [1.807, 2.05) is 29.2 Å². The summed E-state index contributed by atoms with van der Waals surface area (Å²) in [7, 11) is 0. The van der Waals surface area contributed by atoms with Gasteiger partial charge in [-0.2, -0.15) is 13.2 Å². The van der Waals surface area contributed by atoms with Gasteiger partial charge < -0.3 is 4.74 Å². The number of benzene rings is 1. The molecule has 6 heteroatoms. The Hall–Kier alpha value is -0.750. The Kier molecular flexibility index (Phi) is 5.32. The summed E-state index contributed by atoms with van der Waals surface area (Å²) in [5, 5.41) is 0. The molecule has 2 nitrogen and oxygen atoms in total. The fourth-order valence-corrected chi connectivity index (χ4v) is 2.57. The first-order valence-corrected chi connectivity index (χ1v) is 7.42. The molecule has 0 radical (unpaired) electrons. The molecule has 1 fully saturated rings. The van der Waals surface area contributed by atoms with Crippen LogP contribution in [0, 0.1) is 5.92 Å². The number of hydrogen-bond donors (Lipinski definition) is 0. The van der Waals surface area contributed by atoms with Crippen molar-refractivity contribution in [2.45, 2.75) is 19.0 Å². The van der Waals surface area contributed by atoms with Crippen LogP contribution in [0.25, 0.3) is 0 Å². The van der Waals surface area contributed by atoms with Crippen molar-refractivity contribution >= 4 is 15.9 Å². The van der Waals surface area contributed by atoms with Crippen molar-refractivity contribution in [3.63, 3.8) is 0 Å². The molecule has 112 valence electrons. The second kappa shape index (κ2) is 6.80. The van der Waals surface area contributed by atoms with Crippen LogP contribution in [0.1, 0.15) is 12.8 Å². The molecule has 0 aliphatic carbocycles. The molecule has 0 unspecified atom stereocenters. The van der Waals surface area contributed by atoms with Gasteiger partial charge >= 0.3 is 6.18 Å². The number of likely N-dealkylation sites (tertiary alicyclic amines) is 1. The Morgan fingerprint density at radius 1 is 1.15 bits per heavy atom. The van der Waals surface area contributed by atoms with Gasteiger partial charge in [0.2, 0.25) is 0 Å². The van der Waals surface area contributed by atoms with Crippen molar-refractivity contribution in [2.75, 3.05) is 26.2 Å². The Morgan fingerprint density at radius 2 is 1.75 bits per heavy atom. The minimum Gasteiger partial charge on any atom is -0.492 e. The van der Waals surface area contributed by atoms with Crippen LogP contribution in [0.5, 0.6) is 5.75 Å². The molecule has 0 N–H and O–H groups in total. The SMILES string of the molecule is FC(F)(F)C1CCN(CCOc2ccc(Br)cc2)CC1. The summed E-state index contributed by atoms with van der Waals surface area (Å²) in [5.74, 6) is -0.357. The van der Waals surface area contributed by atoms with E-state index >= 15 is 0 Å². The number of rotatable bonds is 4. The monoisotopic (exact) mass is 351 g/mol. The fourth-order valence-electron chi connectivity index (χ4n) is 2.31. The molecule has 0 spiro atoms. The van der Waals surface area contributed by atoms with E-state index in [1.54, 1.807) is 0 Å². The van der Waals surface area contributed by atoms with Gasteiger partial charge in [-0.05, 0) is 50.2 Å². The lowest BCUT2D eigenvalue weighted by atomic mass is 9.96. The van der Waals surface area contributed by atoms with E-state index in [2.05, 4.69) is 15.9 Å². The molecule has 2 rings (SSSR count). The van der Waals surface area contributed by atoms with Crippen LogP contribution < -0.4 is 4.74 Å². The van der Waals surface area contributed by atoms with Gasteiger partial charge in [-0.1, -0.05) is 15.9 Å². The Bertz CT molecular complexity index is 413. The van der Waals surface area contributed by atoms with Crippen LogP contribution in [0.3, 0.4) is 0 Å². The third-order valence-electron chi connectivity index (χ3n) is 3.54. The lowest BCUT2D eigenvalue weighted by Crippen LogP contribution is -2.40. The Morgan fingerprint density at radius 3 is 2.30 bits per heavy atom. The summed E-state index contributed by atoms with van der Waals surface area (Å²) >= 11 is 3.34. The Labute approximate surface area is 125 Å². The zero-order valence-corrected chi connectivity index (χ0v) is 12.6. The first-order chi connectivity index (χ1) is 9.45. The number of halogens is 4. The van der Waals surface area contributed by atoms with E-state index in [4.69, 9.17) is 4.74 Å². The summed E-state index contributed by atoms with van der Waals surface area (Å²) in [6.45, 7) is 2.15. The van der Waals surface area contributed by atoms with Crippen LogP contribution in [-0.4, -0.2) is 37.3 Å². The Balaban J connectivity index is 1.67. The number of nitrogens with zero attached hydrogens (tertiary/aromatic N) is 1. The predicted molar refractivity (Wildman–Crippen MR) is 74.9 cm³/mol. The van der Waals surface area contributed by atoms with Crippen molar-refractivity contribution in [1.82, 2.24) is 4.90 Å². The van der Waals surface area contributed by atoms with Gasteiger partial charge in [-0.3, -0.25) is 4.90 Å². The van der Waals surface area contributed by atoms with E-state index in [0.29, 0.717) is 26.2 Å². The fraction of sp³-hybridized carbons (Fsp3) is 0.571. The molecule has 20 heavy (non-hydrogen) atoms. The van der Waals surface area contributed by atoms with E-state index in [0.717, 1.165) is 10.2 Å². The topological polar surface area (TPSA) is 12.5 Å². The summed E-state index contributed by atoms with van der Waals surface area (Å²) in [4.78, 5) is 2.03. The summed E-state index contributed by atoms with van der Waals surface area (Å²) in [5.41, 5.74) is 0. The molecule has 1 heterocycles. The van der Waals surface area contributed by atoms with Gasteiger partial charge in [0.25, 0.3) is 0 Å². The van der Waals surface area contributed by atoms with Crippen LogP contribution in [-0.2, 0) is 0 Å². The van der Waals surface area contributed by atoms with E-state index in [9.17, 15) is 13.2 Å². The second-order valence-electron chi connectivity index (χ2n) is 4.96. The number of ether oxygens (including phenoxy) is 1. The lowest BCUT2D eigenvalue weighted by molar-refractivity contribution is -0.185. The van der Waals surface area contributed by atoms with Crippen molar-refractivity contribution in [2.24, 2.45) is 5.92 Å². The minimum atomic E-state index is -4.04. The molecular weight excluding hydrogens is 335 g/mol. The van der Waals surface area contributed by atoms with Crippen molar-refractivity contribution in [3.8, 4) is 5.75 Å². The highest BCUT2D eigenvalue weighted by Crippen LogP contribution is 2.33. The zero-order valence-electron chi connectivity index (χ0n) is 11.0. The third-order valence-corrected chi connectivity index (χ3v) is 4.07. The van der Waals surface area contributed by atoms with Crippen LogP contribution in [0.2, 0.25) is 0 Å². The maximum absolute atomic E-state index is 12.5. The largest absolute Gasteiger partial charge is 0.492 e. The van der Waals surface area contributed by atoms with E-state index in [-0.39, 0.29) is 12.8 Å². The minimum absolute atomic E-state index is 0.196. The summed E-state index contributed by atoms with van der Waals surface area (Å²) in [6, 6.07) is 7.51. The molecule has 1 aromatic rings. The van der Waals surface area contributed by atoms with Gasteiger partial charge in [-0.25, -0.2) is 0 Å². The van der Waals surface area contributed by atoms with E-state index in [1.165, 1.54) is 0 Å². The normalized spacial score (nSPS) is 18.2. The number of hydrogen-bond acceptors (Lipinski definition) is 2. The average Bonchev–Trinajstić information content (AvgIpc) is 2.41. The number of alkyl halides is 3. The highest BCUT2D eigenvalue weighted by atomic mass is 79.9. The van der Waals surface area contributed by atoms with Crippen LogP contribution >= 0.6 is 15.9 Å². The molecule has 1 aromatic carbocycles. The van der Waals surface area contributed by atoms with Gasteiger partial charge in [-0.15, -0.1) is 0 Å². The maximum atomic E-state index is 12.5. The molecule has 0 amide bonds. The molecule has 1 saturated heterocycles. The van der Waals surface area contributed by atoms with E-state index < -0.39 is 12.1 Å². The standard InChI is InChI=1S/C14H17BrF3NO/c15-12-1-3-13(4-2-12)20-10-9-19-7-5-11(6-8-19)14(16,17)18/h1-4,11H,5-10H2. The average molecular weight is 352 g/mol. The molecule has 0 atom stereocenters. The first-order valence-electron chi connectivity index (χ1n) is 6.62. The smallest absolute Gasteiger partial charge is 0.391 e. The van der Waals surface area contributed by atoms with Gasteiger partial charge in [0.15, 0.2) is 0 Å². The highest BCUT2D eigenvalue weighted by molar-refractivity contribution is 9.10. The quantitative estimate of drug-likeness (QED) is 0.809. The highest BCUT2D eigenvalue weighted by Gasteiger charge is 2.40. The molecule has 0 saturated carbocycles. The second-order valence-corrected chi connectivity index (χ2v) is 5.88. The van der Waals surface area contributed by atoms with Gasteiger partial charge in [0, 0.05) is 11.0 Å². The van der Waals surface area contributed by atoms with Crippen LogP contribution in [0.4, 0.5) is 13.2 Å². The molecular formula is C14H17BrF3NO. The molecule has 0 bridgehead atoms. The molecule has 0 aromatic heterocycles. The predicted octanol–water partition coefficient (Wildman–Crippen LogP) is 4.10. The molecule has 1 aliphatic heterocycles. The zero-order chi connectivity index (χ0) is 14.6. The molecule has 1 aliphatic rings. The van der Waals surface area contributed by atoms with Crippen molar-refractivity contribution < 1.29 is 17.9 Å². The van der Waals surface area contributed by atoms with Gasteiger partial charge in [0.1, 0.15) is 12.4 Å². The summed E-state index contributed by atoms with van der Waals surface area (Å²) in [6.07, 6.45) is -3.65. The lowest BCUT2D eigenvalue weighted by Gasteiger charge is -2.32. The van der Waals surface area contributed by atoms with Crippen LogP contribution in [0.15, 0.2) is 28.7 Å². The van der Waals surface area contributed by atoms with Crippen molar-refractivity contribution in [1.29, 1.82) is 0 Å². The maximum Gasteiger partial charge on any atom is 0.391 e.